The van der Waals surface area contributed by atoms with Crippen molar-refractivity contribution in [1.29, 1.82) is 0 Å². The van der Waals surface area contributed by atoms with Crippen molar-refractivity contribution in [3.05, 3.63) is 29.4 Å². The van der Waals surface area contributed by atoms with Crippen molar-refractivity contribution < 1.29 is 0 Å². The van der Waals surface area contributed by atoms with Gasteiger partial charge in [-0.05, 0) is 57.8 Å². The van der Waals surface area contributed by atoms with E-state index in [0.29, 0.717) is 0 Å². The number of nitrogens with one attached hydrogen (secondary N) is 1. The van der Waals surface area contributed by atoms with Crippen LogP contribution in [0.1, 0.15) is 57.6 Å². The SMILES string of the molecule is CC1CCC2=C(CCCC2)C1.Cc1cnc[nH]1. The first-order valence-corrected chi connectivity index (χ1v) is 6.90. The molecule has 1 heterocycles. The van der Waals surface area contributed by atoms with Gasteiger partial charge in [-0.1, -0.05) is 18.1 Å². The number of aryl methyl sites for hydroxylation is 1. The Balaban J connectivity index is 0.000000153. The number of aromatic amines is 1. The molecule has 94 valence electrons. The highest BCUT2D eigenvalue weighted by atomic mass is 14.8. The molecule has 0 aliphatic heterocycles. The van der Waals surface area contributed by atoms with E-state index in [0.717, 1.165) is 11.6 Å². The van der Waals surface area contributed by atoms with Gasteiger partial charge in [-0.2, -0.15) is 0 Å². The molecule has 0 radical (unpaired) electrons. The summed E-state index contributed by atoms with van der Waals surface area (Å²) in [4.78, 5) is 6.66. The minimum atomic E-state index is 0.979. The summed E-state index contributed by atoms with van der Waals surface area (Å²) in [7, 11) is 0. The van der Waals surface area contributed by atoms with Crippen LogP contribution in [-0.2, 0) is 0 Å². The molecule has 3 rings (SSSR count). The second-order valence-electron chi connectivity index (χ2n) is 5.50. The maximum absolute atomic E-state index is 3.77. The molecule has 1 N–H and O–H groups in total. The van der Waals surface area contributed by atoms with Gasteiger partial charge in [0, 0.05) is 11.9 Å². The molecule has 1 atom stereocenters. The van der Waals surface area contributed by atoms with Crippen LogP contribution in [0.2, 0.25) is 0 Å². The van der Waals surface area contributed by atoms with E-state index in [1.165, 1.54) is 44.9 Å². The Morgan fingerprint density at radius 2 is 1.94 bits per heavy atom. The molecule has 0 saturated heterocycles. The summed E-state index contributed by atoms with van der Waals surface area (Å²) in [6, 6.07) is 0. The number of allylic oxidation sites excluding steroid dienone is 2. The molecule has 0 fully saturated rings. The van der Waals surface area contributed by atoms with Crippen molar-refractivity contribution in [1.82, 2.24) is 9.97 Å². The second kappa shape index (κ2) is 6.04. The first-order chi connectivity index (χ1) is 8.25. The zero-order valence-corrected chi connectivity index (χ0v) is 11.1. The second-order valence-corrected chi connectivity index (χ2v) is 5.50. The number of hydrogen-bond acceptors (Lipinski definition) is 1. The van der Waals surface area contributed by atoms with Crippen LogP contribution in [0, 0.1) is 12.8 Å². The summed E-state index contributed by atoms with van der Waals surface area (Å²) >= 11 is 0. The highest BCUT2D eigenvalue weighted by Gasteiger charge is 2.19. The van der Waals surface area contributed by atoms with Gasteiger partial charge in [0.05, 0.1) is 6.33 Å². The zero-order valence-electron chi connectivity index (χ0n) is 11.1. The lowest BCUT2D eigenvalue weighted by Crippen LogP contribution is -2.10. The largest absolute Gasteiger partial charge is 0.349 e. The summed E-state index contributed by atoms with van der Waals surface area (Å²) in [6.07, 6.45) is 13.5. The molecule has 17 heavy (non-hydrogen) atoms. The van der Waals surface area contributed by atoms with Crippen LogP contribution in [0.15, 0.2) is 23.7 Å². The lowest BCUT2D eigenvalue weighted by Gasteiger charge is -2.28. The van der Waals surface area contributed by atoms with Crippen molar-refractivity contribution in [2.45, 2.75) is 58.8 Å². The molecule has 2 heteroatoms. The Kier molecular flexibility index (Phi) is 4.41. The van der Waals surface area contributed by atoms with Crippen molar-refractivity contribution >= 4 is 0 Å². The van der Waals surface area contributed by atoms with Crippen molar-refractivity contribution in [3.8, 4) is 0 Å². The third kappa shape index (κ3) is 3.72. The van der Waals surface area contributed by atoms with Gasteiger partial charge in [0.1, 0.15) is 0 Å². The molecule has 2 aliphatic rings. The monoisotopic (exact) mass is 232 g/mol. The van der Waals surface area contributed by atoms with E-state index in [2.05, 4.69) is 16.9 Å². The Bertz CT molecular complexity index is 362. The van der Waals surface area contributed by atoms with Gasteiger partial charge in [0.25, 0.3) is 0 Å². The van der Waals surface area contributed by atoms with E-state index in [4.69, 9.17) is 0 Å². The number of H-pyrrole nitrogens is 1. The van der Waals surface area contributed by atoms with Gasteiger partial charge in [0.2, 0.25) is 0 Å². The number of nitrogens with zero attached hydrogens (tertiary/aromatic N) is 1. The molecular weight excluding hydrogens is 208 g/mol. The van der Waals surface area contributed by atoms with Gasteiger partial charge in [-0.15, -0.1) is 0 Å². The fourth-order valence-corrected chi connectivity index (χ4v) is 2.85. The van der Waals surface area contributed by atoms with E-state index in [9.17, 15) is 0 Å². The molecular formula is C15H24N2. The summed E-state index contributed by atoms with van der Waals surface area (Å²) in [6.45, 7) is 4.37. The molecule has 0 spiro atoms. The van der Waals surface area contributed by atoms with Gasteiger partial charge in [-0.3, -0.25) is 0 Å². The summed E-state index contributed by atoms with van der Waals surface area (Å²) in [5.41, 5.74) is 4.79. The van der Waals surface area contributed by atoms with Crippen LogP contribution in [-0.4, -0.2) is 9.97 Å². The number of hydrogen-bond donors (Lipinski definition) is 1. The highest BCUT2D eigenvalue weighted by molar-refractivity contribution is 5.19. The fraction of sp³-hybridized carbons (Fsp3) is 0.667. The van der Waals surface area contributed by atoms with Crippen molar-refractivity contribution in [2.75, 3.05) is 0 Å². The van der Waals surface area contributed by atoms with Crippen molar-refractivity contribution in [2.24, 2.45) is 5.92 Å². The zero-order chi connectivity index (χ0) is 12.1. The average Bonchev–Trinajstić information content (AvgIpc) is 2.81. The van der Waals surface area contributed by atoms with Crippen LogP contribution in [0.4, 0.5) is 0 Å². The Labute approximate surface area is 105 Å². The summed E-state index contributed by atoms with van der Waals surface area (Å²) in [5.74, 6) is 0.979. The predicted octanol–water partition coefficient (Wildman–Crippen LogP) is 4.40. The third-order valence-corrected chi connectivity index (χ3v) is 3.88. The molecule has 1 unspecified atom stereocenters. The maximum atomic E-state index is 3.77. The molecule has 0 amide bonds. The molecule has 1 aromatic rings. The lowest BCUT2D eigenvalue weighted by atomic mass is 9.78. The van der Waals surface area contributed by atoms with Gasteiger partial charge in [0.15, 0.2) is 0 Å². The van der Waals surface area contributed by atoms with Crippen LogP contribution in [0.3, 0.4) is 0 Å². The Hall–Kier alpha value is -1.05. The number of rotatable bonds is 0. The van der Waals surface area contributed by atoms with E-state index in [-0.39, 0.29) is 0 Å². The predicted molar refractivity (Wildman–Crippen MR) is 71.8 cm³/mol. The van der Waals surface area contributed by atoms with Crippen LogP contribution < -0.4 is 0 Å². The third-order valence-electron chi connectivity index (χ3n) is 3.88. The minimum absolute atomic E-state index is 0.979. The molecule has 0 aromatic carbocycles. The van der Waals surface area contributed by atoms with Crippen LogP contribution >= 0.6 is 0 Å². The quantitative estimate of drug-likeness (QED) is 0.660. The molecule has 1 aromatic heterocycles. The Morgan fingerprint density at radius 3 is 2.53 bits per heavy atom. The van der Waals surface area contributed by atoms with E-state index >= 15 is 0 Å². The van der Waals surface area contributed by atoms with E-state index in [1.807, 2.05) is 18.1 Å². The molecule has 2 aliphatic carbocycles. The highest BCUT2D eigenvalue weighted by Crippen LogP contribution is 2.37. The van der Waals surface area contributed by atoms with Gasteiger partial charge < -0.3 is 4.98 Å². The smallest absolute Gasteiger partial charge is 0.0921 e. The standard InChI is InChI=1S/C11H18.C4H6N2/c1-9-6-7-10-4-2-3-5-11(10)8-9;1-4-2-5-3-6-4/h9H,2-8H2,1H3;2-3H,1H3,(H,5,6). The van der Waals surface area contributed by atoms with E-state index in [1.54, 1.807) is 12.5 Å². The van der Waals surface area contributed by atoms with Crippen LogP contribution in [0.5, 0.6) is 0 Å². The van der Waals surface area contributed by atoms with Gasteiger partial charge >= 0.3 is 0 Å². The first-order valence-electron chi connectivity index (χ1n) is 6.90. The fourth-order valence-electron chi connectivity index (χ4n) is 2.85. The van der Waals surface area contributed by atoms with Gasteiger partial charge in [-0.25, -0.2) is 4.98 Å². The number of aromatic nitrogens is 2. The normalized spacial score (nSPS) is 23.8. The Morgan fingerprint density at radius 1 is 1.18 bits per heavy atom. The summed E-state index contributed by atoms with van der Waals surface area (Å²) < 4.78 is 0. The van der Waals surface area contributed by atoms with Crippen molar-refractivity contribution in [3.63, 3.8) is 0 Å². The first kappa shape index (κ1) is 12.4. The topological polar surface area (TPSA) is 28.7 Å². The molecule has 0 saturated carbocycles. The maximum Gasteiger partial charge on any atom is 0.0921 e. The molecule has 0 bridgehead atoms. The number of imidazole rings is 1. The molecule has 2 nitrogen and oxygen atoms in total. The van der Waals surface area contributed by atoms with E-state index < -0.39 is 0 Å². The van der Waals surface area contributed by atoms with Crippen LogP contribution in [0.25, 0.3) is 0 Å². The lowest BCUT2D eigenvalue weighted by molar-refractivity contribution is 0.454. The minimum Gasteiger partial charge on any atom is -0.349 e. The summed E-state index contributed by atoms with van der Waals surface area (Å²) in [5, 5.41) is 0. The average molecular weight is 232 g/mol.